The maximum Gasteiger partial charge on any atom is 0.534 e. The van der Waals surface area contributed by atoms with Crippen molar-refractivity contribution in [3.8, 4) is 5.75 Å². The molecule has 0 aromatic heterocycles. The molecule has 0 fully saturated rings. The molecule has 0 radical (unpaired) electrons. The fraction of sp³-hybridized carbons (Fsp3) is 0.429. The summed E-state index contributed by atoms with van der Waals surface area (Å²) in [5.74, 6) is -2.14. The summed E-state index contributed by atoms with van der Waals surface area (Å²) in [6.45, 7) is 4.70. The number of alkyl halides is 3. The molecule has 1 amide bonds. The van der Waals surface area contributed by atoms with E-state index in [1.807, 2.05) is 0 Å². The monoisotopic (exact) mass is 399 g/mol. The van der Waals surface area contributed by atoms with Crippen LogP contribution in [0.3, 0.4) is 0 Å². The second kappa shape index (κ2) is 7.40. The average molecular weight is 399 g/mol. The van der Waals surface area contributed by atoms with E-state index in [1.165, 1.54) is 0 Å². The quantitative estimate of drug-likeness (QED) is 0.577. The zero-order valence-electron chi connectivity index (χ0n) is 13.8. The minimum atomic E-state index is -5.85. The molecular weight excluding hydrogens is 383 g/mol. The fourth-order valence-electron chi connectivity index (χ4n) is 1.60. The Bertz CT molecular complexity index is 767. The Labute approximate surface area is 147 Å². The summed E-state index contributed by atoms with van der Waals surface area (Å²) in [6.07, 6.45) is -1.02. The first-order valence-corrected chi connectivity index (χ1v) is 8.36. The van der Waals surface area contributed by atoms with Crippen molar-refractivity contribution in [1.82, 2.24) is 5.32 Å². The fourth-order valence-corrected chi connectivity index (χ4v) is 2.06. The predicted molar refractivity (Wildman–Crippen MR) is 81.8 cm³/mol. The summed E-state index contributed by atoms with van der Waals surface area (Å²) in [4.78, 5) is 23.0. The number of amides is 1. The first-order chi connectivity index (χ1) is 11.6. The van der Waals surface area contributed by atoms with Gasteiger partial charge in [-0.15, -0.1) is 0 Å². The van der Waals surface area contributed by atoms with Gasteiger partial charge < -0.3 is 19.3 Å². The first-order valence-electron chi connectivity index (χ1n) is 6.95. The molecule has 0 aliphatic carbocycles. The zero-order chi connectivity index (χ0) is 20.3. The molecule has 0 bridgehead atoms. The Morgan fingerprint density at radius 1 is 1.12 bits per heavy atom. The molecule has 0 heterocycles. The third-order valence-corrected chi connectivity index (χ3v) is 3.59. The van der Waals surface area contributed by atoms with E-state index in [4.69, 9.17) is 4.74 Å². The lowest BCUT2D eigenvalue weighted by Gasteiger charge is -2.22. The van der Waals surface area contributed by atoms with Gasteiger partial charge in [-0.1, -0.05) is 12.1 Å². The standard InChI is InChI=1S/C14H16F3NO7S/c1-13(2,3)24-12(21)18-10(11(19)20)8-4-6-9(7-5-8)25-26(22,23)14(15,16)17/h4-7,10H,1-3H3,(H,18,21)(H,19,20)/t10-/m1/s1. The van der Waals surface area contributed by atoms with E-state index >= 15 is 0 Å². The number of aliphatic carboxylic acids is 1. The highest BCUT2D eigenvalue weighted by Gasteiger charge is 2.48. The van der Waals surface area contributed by atoms with E-state index in [1.54, 1.807) is 20.8 Å². The number of carbonyl (C=O) groups excluding carboxylic acids is 1. The van der Waals surface area contributed by atoms with Crippen LogP contribution in [0.25, 0.3) is 0 Å². The van der Waals surface area contributed by atoms with Crippen LogP contribution in [0.4, 0.5) is 18.0 Å². The first kappa shape index (κ1) is 21.5. The molecule has 1 aromatic rings. The molecule has 146 valence electrons. The van der Waals surface area contributed by atoms with Crippen LogP contribution in [0, 0.1) is 0 Å². The molecule has 1 rings (SSSR count). The van der Waals surface area contributed by atoms with Gasteiger partial charge in [0.25, 0.3) is 0 Å². The minimum Gasteiger partial charge on any atom is -0.479 e. The zero-order valence-corrected chi connectivity index (χ0v) is 14.6. The number of hydrogen-bond donors (Lipinski definition) is 2. The van der Waals surface area contributed by atoms with Crippen LogP contribution in [-0.2, 0) is 19.6 Å². The maximum absolute atomic E-state index is 12.3. The molecule has 1 atom stereocenters. The minimum absolute atomic E-state index is 0.0416. The van der Waals surface area contributed by atoms with Crippen molar-refractivity contribution in [2.75, 3.05) is 0 Å². The van der Waals surface area contributed by atoms with Gasteiger partial charge in [-0.2, -0.15) is 21.6 Å². The van der Waals surface area contributed by atoms with E-state index in [9.17, 15) is 36.3 Å². The number of carboxylic acids is 1. The number of hydrogen-bond acceptors (Lipinski definition) is 6. The van der Waals surface area contributed by atoms with E-state index in [0.717, 1.165) is 24.3 Å². The smallest absolute Gasteiger partial charge is 0.479 e. The lowest BCUT2D eigenvalue weighted by atomic mass is 10.1. The molecule has 12 heteroatoms. The Morgan fingerprint density at radius 3 is 2.00 bits per heavy atom. The van der Waals surface area contributed by atoms with Crippen LogP contribution < -0.4 is 9.50 Å². The molecule has 0 spiro atoms. The van der Waals surface area contributed by atoms with Gasteiger partial charge in [-0.05, 0) is 38.5 Å². The van der Waals surface area contributed by atoms with Gasteiger partial charge in [0.2, 0.25) is 0 Å². The highest BCUT2D eigenvalue weighted by molar-refractivity contribution is 7.88. The summed E-state index contributed by atoms with van der Waals surface area (Å²) < 4.78 is 67.4. The topological polar surface area (TPSA) is 119 Å². The molecule has 2 N–H and O–H groups in total. The van der Waals surface area contributed by atoms with Gasteiger partial charge in [-0.25, -0.2) is 9.59 Å². The summed E-state index contributed by atoms with van der Waals surface area (Å²) in [6, 6.07) is 2.07. The van der Waals surface area contributed by atoms with Gasteiger partial charge in [0.15, 0.2) is 6.04 Å². The SMILES string of the molecule is CC(C)(C)OC(=O)N[C@@H](C(=O)O)c1ccc(OS(=O)(=O)C(F)(F)F)cc1. The van der Waals surface area contributed by atoms with Gasteiger partial charge in [0.1, 0.15) is 11.4 Å². The van der Waals surface area contributed by atoms with Crippen molar-refractivity contribution in [1.29, 1.82) is 0 Å². The van der Waals surface area contributed by atoms with Gasteiger partial charge in [0, 0.05) is 0 Å². The summed E-state index contributed by atoms with van der Waals surface area (Å²) in [5.41, 5.74) is -6.52. The second-order valence-corrected chi connectivity index (χ2v) is 7.51. The predicted octanol–water partition coefficient (Wildman–Crippen LogP) is 2.57. The average Bonchev–Trinajstić information content (AvgIpc) is 2.42. The van der Waals surface area contributed by atoms with Crippen LogP contribution in [0.5, 0.6) is 5.75 Å². The summed E-state index contributed by atoms with van der Waals surface area (Å²) in [7, 11) is -5.85. The largest absolute Gasteiger partial charge is 0.534 e. The molecule has 1 aromatic carbocycles. The van der Waals surface area contributed by atoms with Crippen LogP contribution in [-0.4, -0.2) is 36.7 Å². The van der Waals surface area contributed by atoms with Crippen molar-refractivity contribution in [3.05, 3.63) is 29.8 Å². The van der Waals surface area contributed by atoms with Crippen LogP contribution in [0.15, 0.2) is 24.3 Å². The van der Waals surface area contributed by atoms with Crippen molar-refractivity contribution >= 4 is 22.2 Å². The number of alkyl carbamates (subject to hydrolysis) is 1. The second-order valence-electron chi connectivity index (χ2n) is 5.97. The van der Waals surface area contributed by atoms with E-state index in [2.05, 4.69) is 9.50 Å². The van der Waals surface area contributed by atoms with Gasteiger partial charge in [0.05, 0.1) is 0 Å². The van der Waals surface area contributed by atoms with E-state index in [0.29, 0.717) is 0 Å². The number of rotatable bonds is 5. The van der Waals surface area contributed by atoms with Crippen molar-refractivity contribution in [3.63, 3.8) is 0 Å². The Morgan fingerprint density at radius 2 is 1.62 bits per heavy atom. The van der Waals surface area contributed by atoms with Gasteiger partial charge in [-0.3, -0.25) is 0 Å². The number of carbonyl (C=O) groups is 2. The highest BCUT2D eigenvalue weighted by Crippen LogP contribution is 2.27. The number of carboxylic acid groups (broad SMARTS) is 1. The molecule has 0 aliphatic heterocycles. The number of ether oxygens (including phenoxy) is 1. The molecule has 0 saturated carbocycles. The van der Waals surface area contributed by atoms with Crippen molar-refractivity contribution < 1.29 is 45.2 Å². The van der Waals surface area contributed by atoms with Crippen LogP contribution in [0.2, 0.25) is 0 Å². The third-order valence-electron chi connectivity index (χ3n) is 2.61. The molecule has 0 unspecified atom stereocenters. The van der Waals surface area contributed by atoms with Crippen LogP contribution >= 0.6 is 0 Å². The molecular formula is C14H16F3NO7S. The Hall–Kier alpha value is -2.50. The van der Waals surface area contributed by atoms with E-state index in [-0.39, 0.29) is 5.56 Å². The molecule has 26 heavy (non-hydrogen) atoms. The van der Waals surface area contributed by atoms with Crippen LogP contribution in [0.1, 0.15) is 32.4 Å². The van der Waals surface area contributed by atoms with E-state index < -0.39 is 45.1 Å². The summed E-state index contributed by atoms with van der Waals surface area (Å²) >= 11 is 0. The highest BCUT2D eigenvalue weighted by atomic mass is 32.2. The summed E-state index contributed by atoms with van der Waals surface area (Å²) in [5, 5.41) is 11.3. The lowest BCUT2D eigenvalue weighted by molar-refractivity contribution is -0.139. The Kier molecular flexibility index (Phi) is 6.13. The number of nitrogens with one attached hydrogen (secondary N) is 1. The number of benzene rings is 1. The molecule has 8 nitrogen and oxygen atoms in total. The van der Waals surface area contributed by atoms with Crippen molar-refractivity contribution in [2.45, 2.75) is 37.9 Å². The van der Waals surface area contributed by atoms with Crippen molar-refractivity contribution in [2.24, 2.45) is 0 Å². The maximum atomic E-state index is 12.3. The number of halogens is 3. The van der Waals surface area contributed by atoms with Gasteiger partial charge >= 0.3 is 27.7 Å². The normalized spacial score (nSPS) is 13.6. The molecule has 0 aliphatic rings. The Balaban J connectivity index is 2.96. The third kappa shape index (κ3) is 6.10. The lowest BCUT2D eigenvalue weighted by Crippen LogP contribution is -2.38. The molecule has 0 saturated heterocycles.